The average molecular weight is 444 g/mol. The van der Waals surface area contributed by atoms with Crippen LogP contribution in [0.1, 0.15) is 31.8 Å². The predicted molar refractivity (Wildman–Crippen MR) is 123 cm³/mol. The monoisotopic (exact) mass is 443 g/mol. The van der Waals surface area contributed by atoms with Crippen molar-refractivity contribution in [2.45, 2.75) is 6.92 Å². The van der Waals surface area contributed by atoms with Crippen LogP contribution in [0.25, 0.3) is 11.3 Å². The molecule has 0 atom stereocenters. The highest BCUT2D eigenvalue weighted by Gasteiger charge is 2.24. The highest BCUT2D eigenvalue weighted by atomic mass is 35.5. The minimum atomic E-state index is -0.564. The van der Waals surface area contributed by atoms with Crippen molar-refractivity contribution in [1.29, 1.82) is 0 Å². The summed E-state index contributed by atoms with van der Waals surface area (Å²) in [6, 6.07) is 17.2. The summed E-state index contributed by atoms with van der Waals surface area (Å²) >= 11 is 5.97. The fraction of sp³-hybridized carbons (Fsp3) is 0.0417. The lowest BCUT2D eigenvalue weighted by Gasteiger charge is -2.15. The van der Waals surface area contributed by atoms with Crippen molar-refractivity contribution >= 4 is 29.6 Å². The van der Waals surface area contributed by atoms with Gasteiger partial charge in [0.15, 0.2) is 0 Å². The average Bonchev–Trinajstić information content (AvgIpc) is 3.29. The van der Waals surface area contributed by atoms with E-state index in [0.717, 1.165) is 16.1 Å². The van der Waals surface area contributed by atoms with E-state index in [-0.39, 0.29) is 0 Å². The number of amides is 2. The van der Waals surface area contributed by atoms with Crippen molar-refractivity contribution < 1.29 is 9.59 Å². The number of aromatic amines is 1. The van der Waals surface area contributed by atoms with E-state index in [1.807, 2.05) is 19.1 Å². The molecule has 2 aromatic carbocycles. The van der Waals surface area contributed by atoms with E-state index in [2.05, 4.69) is 20.3 Å². The van der Waals surface area contributed by atoms with Crippen LogP contribution in [0.2, 0.25) is 5.02 Å². The minimum absolute atomic E-state index is 0.294. The van der Waals surface area contributed by atoms with Crippen LogP contribution in [0, 0.1) is 6.92 Å². The molecule has 2 amide bonds. The zero-order valence-electron chi connectivity index (χ0n) is 17.1. The van der Waals surface area contributed by atoms with E-state index in [1.165, 1.54) is 30.7 Å². The highest BCUT2D eigenvalue weighted by Crippen LogP contribution is 2.22. The zero-order valence-corrected chi connectivity index (χ0v) is 17.8. The molecular formula is C24H18ClN5O2. The summed E-state index contributed by atoms with van der Waals surface area (Å²) in [5, 5.41) is 12.7. The Kier molecular flexibility index (Phi) is 6.19. The third kappa shape index (κ3) is 4.63. The molecule has 0 radical (unpaired) electrons. The van der Waals surface area contributed by atoms with Crippen LogP contribution in [-0.2, 0) is 0 Å². The van der Waals surface area contributed by atoms with Gasteiger partial charge in [-0.2, -0.15) is 15.2 Å². The molecule has 0 saturated heterocycles. The standard InChI is InChI=1S/C24H18ClN5O2/c1-16-2-4-18(5-3-16)23(31)30(24(32)19-10-12-26-13-11-19)28-15-20-14-27-29-22(20)17-6-8-21(25)9-7-17/h2-15H,1H3,(H,27,29)/b28-15+. The smallest absolute Gasteiger partial charge is 0.277 e. The molecule has 2 aromatic heterocycles. The quantitative estimate of drug-likeness (QED) is 0.274. The fourth-order valence-corrected chi connectivity index (χ4v) is 3.12. The number of benzene rings is 2. The van der Waals surface area contributed by atoms with Gasteiger partial charge in [0.2, 0.25) is 0 Å². The Morgan fingerprint density at radius 1 is 0.938 bits per heavy atom. The molecule has 2 heterocycles. The number of aryl methyl sites for hydroxylation is 1. The van der Waals surface area contributed by atoms with Gasteiger partial charge in [-0.25, -0.2) is 0 Å². The summed E-state index contributed by atoms with van der Waals surface area (Å²) in [5.41, 5.74) is 3.78. The van der Waals surface area contributed by atoms with Gasteiger partial charge >= 0.3 is 0 Å². The maximum atomic E-state index is 13.2. The van der Waals surface area contributed by atoms with E-state index >= 15 is 0 Å². The minimum Gasteiger partial charge on any atom is -0.277 e. The van der Waals surface area contributed by atoms with Gasteiger partial charge in [-0.3, -0.25) is 19.7 Å². The fourth-order valence-electron chi connectivity index (χ4n) is 2.99. The number of pyridine rings is 1. The predicted octanol–water partition coefficient (Wildman–Crippen LogP) is 4.75. The Morgan fingerprint density at radius 3 is 2.22 bits per heavy atom. The molecule has 0 fully saturated rings. The number of nitrogens with zero attached hydrogens (tertiary/aromatic N) is 4. The van der Waals surface area contributed by atoms with Crippen LogP contribution in [-0.4, -0.2) is 38.2 Å². The van der Waals surface area contributed by atoms with Gasteiger partial charge in [-0.15, -0.1) is 0 Å². The van der Waals surface area contributed by atoms with E-state index in [4.69, 9.17) is 11.6 Å². The van der Waals surface area contributed by atoms with E-state index in [0.29, 0.717) is 27.4 Å². The van der Waals surface area contributed by atoms with Crippen LogP contribution in [0.15, 0.2) is 84.4 Å². The normalized spacial score (nSPS) is 10.9. The van der Waals surface area contributed by atoms with Gasteiger partial charge < -0.3 is 0 Å². The Bertz CT molecular complexity index is 1270. The number of rotatable bonds is 5. The third-order valence-corrected chi connectivity index (χ3v) is 4.98. The molecule has 32 heavy (non-hydrogen) atoms. The van der Waals surface area contributed by atoms with Crippen molar-refractivity contribution in [2.24, 2.45) is 5.10 Å². The van der Waals surface area contributed by atoms with Crippen LogP contribution < -0.4 is 0 Å². The van der Waals surface area contributed by atoms with Crippen molar-refractivity contribution in [1.82, 2.24) is 20.2 Å². The lowest BCUT2D eigenvalue weighted by Crippen LogP contribution is -2.32. The molecule has 7 nitrogen and oxygen atoms in total. The lowest BCUT2D eigenvalue weighted by molar-refractivity contribution is 0.0622. The number of nitrogens with one attached hydrogen (secondary N) is 1. The third-order valence-electron chi connectivity index (χ3n) is 4.72. The first-order valence-corrected chi connectivity index (χ1v) is 10.1. The summed E-state index contributed by atoms with van der Waals surface area (Å²) in [5.74, 6) is -1.11. The molecule has 0 saturated carbocycles. The number of hydrogen-bond donors (Lipinski definition) is 1. The maximum Gasteiger partial charge on any atom is 0.281 e. The van der Waals surface area contributed by atoms with Gasteiger partial charge in [0, 0.05) is 39.7 Å². The number of aromatic nitrogens is 3. The SMILES string of the molecule is Cc1ccc(C(=O)N(/N=C/c2cn[nH]c2-c2ccc(Cl)cc2)C(=O)c2ccncc2)cc1. The molecule has 1 N–H and O–H groups in total. The van der Waals surface area contributed by atoms with Crippen LogP contribution >= 0.6 is 11.6 Å². The number of hydrazone groups is 1. The first-order chi connectivity index (χ1) is 15.5. The summed E-state index contributed by atoms with van der Waals surface area (Å²) in [7, 11) is 0. The number of imide groups is 1. The molecule has 0 unspecified atom stereocenters. The highest BCUT2D eigenvalue weighted by molar-refractivity contribution is 6.30. The van der Waals surface area contributed by atoms with Crippen LogP contribution in [0.4, 0.5) is 0 Å². The number of H-pyrrole nitrogens is 1. The first kappa shape index (κ1) is 21.1. The summed E-state index contributed by atoms with van der Waals surface area (Å²) in [4.78, 5) is 30.2. The van der Waals surface area contributed by atoms with Gasteiger partial charge in [-0.05, 0) is 43.3 Å². The second-order valence-corrected chi connectivity index (χ2v) is 7.41. The van der Waals surface area contributed by atoms with Gasteiger partial charge in [-0.1, -0.05) is 41.4 Å². The molecule has 0 aliphatic carbocycles. The van der Waals surface area contributed by atoms with Crippen LogP contribution in [0.3, 0.4) is 0 Å². The van der Waals surface area contributed by atoms with Crippen molar-refractivity contribution in [3.8, 4) is 11.3 Å². The molecule has 8 heteroatoms. The Hall–Kier alpha value is -4.10. The molecule has 4 rings (SSSR count). The Morgan fingerprint density at radius 2 is 1.56 bits per heavy atom. The second kappa shape index (κ2) is 9.36. The summed E-state index contributed by atoms with van der Waals surface area (Å²) in [6.07, 6.45) is 5.97. The Balaban J connectivity index is 1.70. The van der Waals surface area contributed by atoms with E-state index < -0.39 is 11.8 Å². The first-order valence-electron chi connectivity index (χ1n) is 9.71. The summed E-state index contributed by atoms with van der Waals surface area (Å²) < 4.78 is 0. The number of halogens is 1. The molecule has 158 valence electrons. The molecule has 0 aliphatic heterocycles. The molecular weight excluding hydrogens is 426 g/mol. The number of hydrogen-bond acceptors (Lipinski definition) is 5. The molecule has 0 spiro atoms. The maximum absolute atomic E-state index is 13.2. The van der Waals surface area contributed by atoms with Crippen LogP contribution in [0.5, 0.6) is 0 Å². The van der Waals surface area contributed by atoms with E-state index in [1.54, 1.807) is 42.6 Å². The largest absolute Gasteiger partial charge is 0.281 e. The van der Waals surface area contributed by atoms with Gasteiger partial charge in [0.05, 0.1) is 18.1 Å². The van der Waals surface area contributed by atoms with Gasteiger partial charge in [0.1, 0.15) is 0 Å². The van der Waals surface area contributed by atoms with Crippen molar-refractivity contribution in [2.75, 3.05) is 0 Å². The lowest BCUT2D eigenvalue weighted by atomic mass is 10.1. The molecule has 0 aliphatic rings. The molecule has 0 bridgehead atoms. The topological polar surface area (TPSA) is 91.3 Å². The summed E-state index contributed by atoms with van der Waals surface area (Å²) in [6.45, 7) is 1.92. The number of carbonyl (C=O) groups excluding carboxylic acids is 2. The zero-order chi connectivity index (χ0) is 22.5. The number of carbonyl (C=O) groups is 2. The second-order valence-electron chi connectivity index (χ2n) is 6.98. The van der Waals surface area contributed by atoms with Crippen molar-refractivity contribution in [3.63, 3.8) is 0 Å². The van der Waals surface area contributed by atoms with Gasteiger partial charge in [0.25, 0.3) is 11.8 Å². The van der Waals surface area contributed by atoms with E-state index in [9.17, 15) is 9.59 Å². The molecule has 4 aromatic rings. The Labute approximate surface area is 189 Å². The van der Waals surface area contributed by atoms with Crippen molar-refractivity contribution in [3.05, 3.63) is 107 Å².